The number of aliphatic hydroxyl groups is 1. The molecule has 0 saturated carbocycles. The molecule has 154 valence electrons. The zero-order valence-electron chi connectivity index (χ0n) is 17.4. The predicted octanol–water partition coefficient (Wildman–Crippen LogP) is 5.88. The molecule has 0 unspecified atom stereocenters. The van der Waals surface area contributed by atoms with Gasteiger partial charge in [0, 0.05) is 18.8 Å². The fourth-order valence-electron chi connectivity index (χ4n) is 2.64. The quantitative estimate of drug-likeness (QED) is 0.0951. The van der Waals surface area contributed by atoms with Crippen LogP contribution in [-0.2, 0) is 9.59 Å². The molecule has 0 amide bonds. The van der Waals surface area contributed by atoms with Crippen LogP contribution < -0.4 is 0 Å². The van der Waals surface area contributed by atoms with E-state index < -0.39 is 11.6 Å². The van der Waals surface area contributed by atoms with Crippen LogP contribution in [0.1, 0.15) is 66.2 Å². The summed E-state index contributed by atoms with van der Waals surface area (Å²) in [6.45, 7) is 8.21. The number of carbonyl (C=O) groups excluding carboxylic acids is 2. The van der Waals surface area contributed by atoms with Crippen molar-refractivity contribution in [3.05, 3.63) is 34.0 Å². The molecule has 0 aromatic heterocycles. The molecule has 0 rings (SSSR count). The number of rotatable bonds is 13. The van der Waals surface area contributed by atoms with Crippen LogP contribution in [-0.4, -0.2) is 28.9 Å². The van der Waals surface area contributed by atoms with Crippen molar-refractivity contribution < 1.29 is 14.7 Å². The molecule has 4 nitrogen and oxygen atoms in total. The van der Waals surface area contributed by atoms with Gasteiger partial charge in [0.1, 0.15) is 0 Å². The maximum atomic E-state index is 12.5. The van der Waals surface area contributed by atoms with Crippen molar-refractivity contribution in [2.75, 3.05) is 6.54 Å². The fraction of sp³-hybridized carbons (Fsp3) is 0.522. The molecule has 0 spiro atoms. The molecule has 1 N–H and O–H groups in total. The van der Waals surface area contributed by atoms with Crippen molar-refractivity contribution in [2.24, 2.45) is 10.9 Å². The monoisotopic (exact) mass is 449 g/mol. The number of terminal acetylenes is 1. The highest BCUT2D eigenvalue weighted by atomic mass is 79.9. The largest absolute Gasteiger partial charge is 0.515 e. The second-order valence-corrected chi connectivity index (χ2v) is 7.59. The summed E-state index contributed by atoms with van der Waals surface area (Å²) in [4.78, 5) is 29.2. The van der Waals surface area contributed by atoms with Gasteiger partial charge in [-0.1, -0.05) is 54.4 Å². The molecule has 0 aromatic carbocycles. The summed E-state index contributed by atoms with van der Waals surface area (Å²) in [7, 11) is 0. The summed E-state index contributed by atoms with van der Waals surface area (Å²) in [6.07, 6.45) is 13.5. The van der Waals surface area contributed by atoms with Crippen molar-refractivity contribution in [2.45, 2.75) is 66.2 Å². The number of Topliss-reactive ketones (excluding diaryl/α,β-unsaturated/α-hetero) is 2. The van der Waals surface area contributed by atoms with Crippen molar-refractivity contribution in [3.8, 4) is 12.3 Å². The molecule has 5 heteroatoms. The zero-order valence-corrected chi connectivity index (χ0v) is 19.0. The number of ketones is 2. The second kappa shape index (κ2) is 15.0. The Morgan fingerprint density at radius 1 is 1.21 bits per heavy atom. The Morgan fingerprint density at radius 3 is 2.36 bits per heavy atom. The number of hydrogen-bond acceptors (Lipinski definition) is 4. The highest BCUT2D eigenvalue weighted by Gasteiger charge is 2.26. The van der Waals surface area contributed by atoms with Gasteiger partial charge in [0.2, 0.25) is 11.6 Å². The summed E-state index contributed by atoms with van der Waals surface area (Å²) in [5, 5.41) is 9.69. The molecule has 0 atom stereocenters. The first-order chi connectivity index (χ1) is 13.4. The molecule has 0 fully saturated rings. The van der Waals surface area contributed by atoms with Gasteiger partial charge in [-0.2, -0.15) is 0 Å². The third kappa shape index (κ3) is 9.32. The SMILES string of the molecule is C#CC/C=C(/Br)C/C=C(/C)CN=C(/C(=C/O)C(=O)C(=O)CCC)C(CC)CC. The molecule has 0 radical (unpaired) electrons. The molecule has 0 bridgehead atoms. The molecular weight excluding hydrogens is 418 g/mol. The van der Waals surface area contributed by atoms with Crippen molar-refractivity contribution in [3.63, 3.8) is 0 Å². The zero-order chi connectivity index (χ0) is 21.5. The first-order valence-corrected chi connectivity index (χ1v) is 10.6. The van der Waals surface area contributed by atoms with E-state index in [1.54, 1.807) is 0 Å². The van der Waals surface area contributed by atoms with Crippen molar-refractivity contribution in [1.29, 1.82) is 0 Å². The normalized spacial score (nSPS) is 13.6. The highest BCUT2D eigenvalue weighted by Crippen LogP contribution is 2.19. The average molecular weight is 450 g/mol. The van der Waals surface area contributed by atoms with E-state index in [0.29, 0.717) is 31.5 Å². The van der Waals surface area contributed by atoms with E-state index in [-0.39, 0.29) is 17.9 Å². The third-order valence-electron chi connectivity index (χ3n) is 4.34. The van der Waals surface area contributed by atoms with Crippen LogP contribution in [0.25, 0.3) is 0 Å². The maximum absolute atomic E-state index is 12.5. The smallest absolute Gasteiger partial charge is 0.233 e. The van der Waals surface area contributed by atoms with Crippen LogP contribution in [0.15, 0.2) is 39.0 Å². The second-order valence-electron chi connectivity index (χ2n) is 6.57. The van der Waals surface area contributed by atoms with Crippen LogP contribution >= 0.6 is 15.9 Å². The molecule has 0 heterocycles. The summed E-state index contributed by atoms with van der Waals surface area (Å²) in [5.41, 5.74) is 1.56. The Kier molecular flexibility index (Phi) is 14.0. The van der Waals surface area contributed by atoms with Crippen LogP contribution in [0, 0.1) is 18.3 Å². The lowest BCUT2D eigenvalue weighted by Crippen LogP contribution is -2.26. The number of nitrogens with zero attached hydrogens (tertiary/aromatic N) is 1. The van der Waals surface area contributed by atoms with Gasteiger partial charge in [-0.05, 0) is 37.1 Å². The summed E-state index contributed by atoms with van der Waals surface area (Å²) < 4.78 is 1.00. The predicted molar refractivity (Wildman–Crippen MR) is 121 cm³/mol. The standard InChI is InChI=1S/C23H32BrNO3/c1-6-10-12-19(24)14-13-17(5)15-25-22(18(8-3)9-4)20(16-26)23(28)21(27)11-7-2/h1,12-13,16,18,26H,7-11,14-15H2,2-5H3/b17-13-,19-12+,20-16-,25-22?. The molecule has 28 heavy (non-hydrogen) atoms. The summed E-state index contributed by atoms with van der Waals surface area (Å²) >= 11 is 3.48. The molecule has 0 aliphatic rings. The van der Waals surface area contributed by atoms with E-state index in [4.69, 9.17) is 6.42 Å². The number of hydrogen-bond donors (Lipinski definition) is 1. The van der Waals surface area contributed by atoms with E-state index in [0.717, 1.165) is 29.2 Å². The first kappa shape index (κ1) is 26.1. The Morgan fingerprint density at radius 2 is 1.86 bits per heavy atom. The minimum Gasteiger partial charge on any atom is -0.515 e. The van der Waals surface area contributed by atoms with Gasteiger partial charge in [-0.25, -0.2) is 0 Å². The van der Waals surface area contributed by atoms with Crippen molar-refractivity contribution in [1.82, 2.24) is 0 Å². The van der Waals surface area contributed by atoms with E-state index in [1.165, 1.54) is 0 Å². The van der Waals surface area contributed by atoms with Gasteiger partial charge in [0.15, 0.2) is 0 Å². The topological polar surface area (TPSA) is 66.7 Å². The lowest BCUT2D eigenvalue weighted by Gasteiger charge is -2.17. The van der Waals surface area contributed by atoms with Crippen LogP contribution in [0.3, 0.4) is 0 Å². The van der Waals surface area contributed by atoms with Gasteiger partial charge in [-0.3, -0.25) is 14.6 Å². The van der Waals surface area contributed by atoms with Crippen molar-refractivity contribution >= 4 is 33.2 Å². The van der Waals surface area contributed by atoms with E-state index in [2.05, 4.69) is 26.8 Å². The van der Waals surface area contributed by atoms with Crippen LogP contribution in [0.5, 0.6) is 0 Å². The Labute approximate surface area is 178 Å². The number of carbonyl (C=O) groups is 2. The van der Waals surface area contributed by atoms with Gasteiger partial charge >= 0.3 is 0 Å². The van der Waals surface area contributed by atoms with Crippen LogP contribution in [0.2, 0.25) is 0 Å². The first-order valence-electron chi connectivity index (χ1n) is 9.76. The number of aliphatic hydroxyl groups excluding tert-OH is 1. The minimum atomic E-state index is -0.656. The molecule has 0 aliphatic carbocycles. The Hall–Kier alpha value is -1.93. The molecular formula is C23H32BrNO3. The summed E-state index contributed by atoms with van der Waals surface area (Å²) in [6, 6.07) is 0. The van der Waals surface area contributed by atoms with Gasteiger partial charge in [0.25, 0.3) is 0 Å². The van der Waals surface area contributed by atoms with E-state index in [9.17, 15) is 14.7 Å². The molecule has 0 aromatic rings. The fourth-order valence-corrected chi connectivity index (χ4v) is 2.96. The molecule has 0 saturated heterocycles. The highest BCUT2D eigenvalue weighted by molar-refractivity contribution is 9.11. The van der Waals surface area contributed by atoms with Crippen LogP contribution in [0.4, 0.5) is 0 Å². The minimum absolute atomic E-state index is 0.00633. The van der Waals surface area contributed by atoms with Gasteiger partial charge in [0.05, 0.1) is 24.1 Å². The maximum Gasteiger partial charge on any atom is 0.233 e. The number of aliphatic imine (C=N–C) groups is 1. The number of allylic oxidation sites excluding steroid dienone is 4. The average Bonchev–Trinajstić information content (AvgIpc) is 2.69. The Balaban J connectivity index is 5.58. The Bertz CT molecular complexity index is 689. The van der Waals surface area contributed by atoms with Gasteiger partial charge < -0.3 is 5.11 Å². The lowest BCUT2D eigenvalue weighted by atomic mass is 9.88. The third-order valence-corrected chi connectivity index (χ3v) is 4.99. The molecule has 0 aliphatic heterocycles. The van der Waals surface area contributed by atoms with Gasteiger partial charge in [-0.15, -0.1) is 12.3 Å². The van der Waals surface area contributed by atoms with E-state index >= 15 is 0 Å². The van der Waals surface area contributed by atoms with E-state index in [1.807, 2.05) is 39.8 Å². The summed E-state index contributed by atoms with van der Waals surface area (Å²) in [5.74, 6) is 1.42. The number of halogens is 1. The lowest BCUT2D eigenvalue weighted by molar-refractivity contribution is -0.134.